The zero-order chi connectivity index (χ0) is 29.8. The summed E-state index contributed by atoms with van der Waals surface area (Å²) in [7, 11) is 0. The van der Waals surface area contributed by atoms with E-state index in [-0.39, 0.29) is 17.4 Å². The molecule has 0 bridgehead atoms. The molecule has 2 atom stereocenters. The molecule has 0 aliphatic heterocycles. The number of aliphatic carboxylic acids is 1. The topological polar surface area (TPSA) is 80.6 Å². The first-order valence-corrected chi connectivity index (χ1v) is 13.3. The minimum absolute atomic E-state index is 0.0521. The molecule has 6 nitrogen and oxygen atoms in total. The van der Waals surface area contributed by atoms with Crippen LogP contribution in [0.25, 0.3) is 10.9 Å². The molecule has 3 aromatic rings. The van der Waals surface area contributed by atoms with Crippen LogP contribution in [0.3, 0.4) is 0 Å². The zero-order valence-corrected chi connectivity index (χ0v) is 24.4. The van der Waals surface area contributed by atoms with Crippen molar-refractivity contribution < 1.29 is 19.4 Å². The van der Waals surface area contributed by atoms with Crippen molar-refractivity contribution >= 4 is 22.8 Å². The first-order valence-electron chi connectivity index (χ1n) is 13.3. The number of carboxylic acids is 1. The number of carbonyl (C=O) groups is 2. The van der Waals surface area contributed by atoms with Gasteiger partial charge >= 0.3 is 5.97 Å². The SMILES string of the molecule is C=C/C(=C\C(=C)Cn1c(C)c(C)c2cc(C(=O)N[C@@H](C=C)c3ccc(C(C)(C)C)cc3)ccc21)O[C@@H](C)C(=O)O. The third-order valence-electron chi connectivity index (χ3n) is 7.13. The number of nitrogens with one attached hydrogen (secondary N) is 1. The van der Waals surface area contributed by atoms with Crippen molar-refractivity contribution in [2.45, 2.75) is 65.6 Å². The van der Waals surface area contributed by atoms with Gasteiger partial charge in [0.25, 0.3) is 5.91 Å². The molecule has 6 heteroatoms. The normalized spacial score (nSPS) is 13.4. The van der Waals surface area contributed by atoms with Gasteiger partial charge in [0.2, 0.25) is 0 Å². The molecule has 2 N–H and O–H groups in total. The number of fused-ring (bicyclic) bond motifs is 1. The van der Waals surface area contributed by atoms with E-state index in [1.807, 2.05) is 44.2 Å². The lowest BCUT2D eigenvalue weighted by atomic mass is 9.86. The summed E-state index contributed by atoms with van der Waals surface area (Å²) >= 11 is 0. The van der Waals surface area contributed by atoms with Crippen molar-refractivity contribution in [2.75, 3.05) is 0 Å². The van der Waals surface area contributed by atoms with E-state index in [0.717, 1.165) is 33.3 Å². The van der Waals surface area contributed by atoms with Crippen molar-refractivity contribution in [3.05, 3.63) is 120 Å². The van der Waals surface area contributed by atoms with Crippen LogP contribution < -0.4 is 5.32 Å². The first kappa shape index (κ1) is 30.2. The van der Waals surface area contributed by atoms with Crippen LogP contribution in [0.15, 0.2) is 91.8 Å². The van der Waals surface area contributed by atoms with Gasteiger partial charge in [-0.1, -0.05) is 64.3 Å². The van der Waals surface area contributed by atoms with Crippen LogP contribution in [0.1, 0.15) is 66.5 Å². The number of ether oxygens (including phenoxy) is 1. The standard InChI is InChI=1S/C34H40N2O4/c1-10-28(40-24(6)33(38)39)18-21(3)20-36-23(5)22(4)29-19-26(14-17-31(29)36)32(37)35-30(11-2)25-12-15-27(16-13-25)34(7,8)9/h10-19,24,30H,1-3,20H2,4-9H3,(H,35,37)(H,38,39)/b28-18+/t24-,30-/m0/s1. The third kappa shape index (κ3) is 6.81. The number of carbonyl (C=O) groups excluding carboxylic acids is 1. The van der Waals surface area contributed by atoms with Crippen molar-refractivity contribution in [3.63, 3.8) is 0 Å². The van der Waals surface area contributed by atoms with E-state index in [9.17, 15) is 9.59 Å². The zero-order valence-electron chi connectivity index (χ0n) is 24.4. The summed E-state index contributed by atoms with van der Waals surface area (Å²) in [6.45, 7) is 24.3. The lowest BCUT2D eigenvalue weighted by Crippen LogP contribution is -2.27. The predicted octanol–water partition coefficient (Wildman–Crippen LogP) is 7.33. The lowest BCUT2D eigenvalue weighted by molar-refractivity contribution is -0.146. The van der Waals surface area contributed by atoms with Crippen molar-refractivity contribution in [1.29, 1.82) is 0 Å². The number of aromatic nitrogens is 1. The molecule has 0 radical (unpaired) electrons. The van der Waals surface area contributed by atoms with Crippen LogP contribution in [-0.2, 0) is 21.5 Å². The molecular weight excluding hydrogens is 500 g/mol. The monoisotopic (exact) mass is 540 g/mol. The second-order valence-corrected chi connectivity index (χ2v) is 11.1. The van der Waals surface area contributed by atoms with Gasteiger partial charge in [0.15, 0.2) is 6.10 Å². The van der Waals surface area contributed by atoms with Gasteiger partial charge in [-0.3, -0.25) is 4.79 Å². The second-order valence-electron chi connectivity index (χ2n) is 11.1. The number of amides is 1. The van der Waals surface area contributed by atoms with Gasteiger partial charge in [0, 0.05) is 28.7 Å². The fourth-order valence-corrected chi connectivity index (χ4v) is 4.53. The molecule has 0 unspecified atom stereocenters. The van der Waals surface area contributed by atoms with E-state index < -0.39 is 12.1 Å². The summed E-state index contributed by atoms with van der Waals surface area (Å²) in [5, 5.41) is 13.2. The Morgan fingerprint density at radius 1 is 1.10 bits per heavy atom. The van der Waals surface area contributed by atoms with Gasteiger partial charge in [0.05, 0.1) is 6.04 Å². The number of allylic oxidation sites excluding steroid dienone is 3. The molecule has 0 aliphatic rings. The predicted molar refractivity (Wildman–Crippen MR) is 163 cm³/mol. The third-order valence-corrected chi connectivity index (χ3v) is 7.13. The number of carboxylic acid groups (broad SMARTS) is 1. The average molecular weight is 541 g/mol. The quantitative estimate of drug-likeness (QED) is 0.152. The Balaban J connectivity index is 1.83. The van der Waals surface area contributed by atoms with Crippen molar-refractivity contribution in [3.8, 4) is 0 Å². The fraction of sp³-hybridized carbons (Fsp3) is 0.294. The average Bonchev–Trinajstić information content (AvgIpc) is 3.14. The minimum atomic E-state index is -1.06. The molecule has 40 heavy (non-hydrogen) atoms. The molecule has 210 valence electrons. The largest absolute Gasteiger partial charge is 0.479 e. The Kier molecular flexibility index (Phi) is 9.25. The molecule has 0 saturated heterocycles. The Labute approximate surface area is 237 Å². The van der Waals surface area contributed by atoms with E-state index in [0.29, 0.717) is 17.9 Å². The van der Waals surface area contributed by atoms with Gasteiger partial charge < -0.3 is 19.7 Å². The van der Waals surface area contributed by atoms with Gasteiger partial charge in [-0.05, 0) is 78.8 Å². The highest BCUT2D eigenvalue weighted by atomic mass is 16.5. The van der Waals surface area contributed by atoms with E-state index in [1.165, 1.54) is 18.6 Å². The molecule has 0 spiro atoms. The molecule has 1 aromatic heterocycles. The molecule has 0 fully saturated rings. The highest BCUT2D eigenvalue weighted by Crippen LogP contribution is 2.28. The van der Waals surface area contributed by atoms with Crippen LogP contribution in [0, 0.1) is 13.8 Å². The van der Waals surface area contributed by atoms with Crippen molar-refractivity contribution in [1.82, 2.24) is 9.88 Å². The van der Waals surface area contributed by atoms with Gasteiger partial charge in [-0.25, -0.2) is 4.79 Å². The van der Waals surface area contributed by atoms with Crippen LogP contribution in [0.4, 0.5) is 0 Å². The summed E-state index contributed by atoms with van der Waals surface area (Å²) in [6, 6.07) is 13.6. The fourth-order valence-electron chi connectivity index (χ4n) is 4.53. The Morgan fingerprint density at radius 3 is 2.30 bits per heavy atom. The van der Waals surface area contributed by atoms with E-state index in [1.54, 1.807) is 12.2 Å². The lowest BCUT2D eigenvalue weighted by Gasteiger charge is -2.21. The summed E-state index contributed by atoms with van der Waals surface area (Å²) in [6.07, 6.45) is 3.91. The van der Waals surface area contributed by atoms with Gasteiger partial charge in [-0.15, -0.1) is 6.58 Å². The van der Waals surface area contributed by atoms with Crippen LogP contribution in [-0.4, -0.2) is 27.7 Å². The summed E-state index contributed by atoms with van der Waals surface area (Å²) in [4.78, 5) is 24.4. The highest BCUT2D eigenvalue weighted by molar-refractivity contribution is 5.99. The maximum atomic E-state index is 13.3. The molecule has 3 rings (SSSR count). The van der Waals surface area contributed by atoms with E-state index in [2.05, 4.69) is 62.5 Å². The molecule has 0 saturated carbocycles. The number of hydrogen-bond acceptors (Lipinski definition) is 3. The van der Waals surface area contributed by atoms with Gasteiger partial charge in [-0.2, -0.15) is 0 Å². The Hall–Kier alpha value is -4.32. The number of hydrogen-bond donors (Lipinski definition) is 2. The molecule has 1 amide bonds. The van der Waals surface area contributed by atoms with Crippen LogP contribution >= 0.6 is 0 Å². The summed E-state index contributed by atoms with van der Waals surface area (Å²) < 4.78 is 7.57. The molecular formula is C34H40N2O4. The molecule has 2 aromatic carbocycles. The van der Waals surface area contributed by atoms with Gasteiger partial charge in [0.1, 0.15) is 5.76 Å². The molecule has 1 heterocycles. The van der Waals surface area contributed by atoms with E-state index >= 15 is 0 Å². The highest BCUT2D eigenvalue weighted by Gasteiger charge is 2.19. The number of benzene rings is 2. The van der Waals surface area contributed by atoms with Crippen LogP contribution in [0.5, 0.6) is 0 Å². The number of nitrogens with zero attached hydrogens (tertiary/aromatic N) is 1. The molecule has 0 aliphatic carbocycles. The second kappa shape index (κ2) is 12.2. The van der Waals surface area contributed by atoms with E-state index in [4.69, 9.17) is 9.84 Å². The minimum Gasteiger partial charge on any atom is -0.479 e. The smallest absolute Gasteiger partial charge is 0.344 e. The maximum absolute atomic E-state index is 13.3. The Bertz CT molecular complexity index is 1480. The Morgan fingerprint density at radius 2 is 1.75 bits per heavy atom. The maximum Gasteiger partial charge on any atom is 0.344 e. The van der Waals surface area contributed by atoms with Crippen LogP contribution in [0.2, 0.25) is 0 Å². The number of rotatable bonds is 11. The first-order chi connectivity index (χ1) is 18.8. The summed E-state index contributed by atoms with van der Waals surface area (Å²) in [5.74, 6) is -0.891. The van der Waals surface area contributed by atoms with Crippen molar-refractivity contribution in [2.24, 2.45) is 0 Å². The number of aryl methyl sites for hydroxylation is 1. The summed E-state index contributed by atoms with van der Waals surface area (Å²) in [5.41, 5.74) is 6.63.